The van der Waals surface area contributed by atoms with Crippen LogP contribution < -0.4 is 0 Å². The molecule has 0 bridgehead atoms. The number of hydrogen-bond acceptors (Lipinski definition) is 2. The van der Waals surface area contributed by atoms with Gasteiger partial charge >= 0.3 is 0 Å². The van der Waals surface area contributed by atoms with Crippen LogP contribution in [-0.2, 0) is 9.59 Å². The maximum absolute atomic E-state index is 9.78. The van der Waals surface area contributed by atoms with Crippen molar-refractivity contribution in [3.63, 3.8) is 0 Å². The lowest BCUT2D eigenvalue weighted by molar-refractivity contribution is -0.116. The summed E-state index contributed by atoms with van der Waals surface area (Å²) in [5.74, 6) is 0. The summed E-state index contributed by atoms with van der Waals surface area (Å²) >= 11 is 9.68. The molecule has 0 amide bonds. The summed E-state index contributed by atoms with van der Waals surface area (Å²) in [6.07, 6.45) is 0.275. The predicted octanol–water partition coefficient (Wildman–Crippen LogP) is 1.58. The van der Waals surface area contributed by atoms with E-state index in [-0.39, 0.29) is 6.29 Å². The average Bonchev–Trinajstić information content (AvgIpc) is 1.91. The number of carbonyl (C=O) groups is 2. The van der Waals surface area contributed by atoms with Crippen molar-refractivity contribution in [2.75, 3.05) is 0 Å². The normalized spacial score (nSPS) is 10.7. The first-order valence-electron chi connectivity index (χ1n) is 2.47. The maximum Gasteiger partial charge on any atom is 0.246 e. The molecule has 0 saturated heterocycles. The summed E-state index contributed by atoms with van der Waals surface area (Å²) in [5, 5.41) is -2.02. The molecule has 0 heterocycles. The minimum atomic E-state index is -1.18. The van der Waals surface area contributed by atoms with Crippen molar-refractivity contribution >= 4 is 34.7 Å². The highest BCUT2D eigenvalue weighted by molar-refractivity contribution is 6.71. The van der Waals surface area contributed by atoms with Gasteiger partial charge < -0.3 is 4.79 Å². The Labute approximate surface area is 64.1 Å². The van der Waals surface area contributed by atoms with Gasteiger partial charge in [-0.2, -0.15) is 0 Å². The smallest absolute Gasteiger partial charge is 0.246 e. The Bertz CT molecular complexity index is 93.0. The maximum atomic E-state index is 9.78. The topological polar surface area (TPSA) is 34.1 Å². The van der Waals surface area contributed by atoms with Crippen molar-refractivity contribution in [1.82, 2.24) is 0 Å². The van der Waals surface area contributed by atoms with E-state index in [1.54, 1.807) is 0 Å². The Morgan fingerprint density at radius 3 is 1.89 bits per heavy atom. The van der Waals surface area contributed by atoms with Crippen LogP contribution in [0.2, 0.25) is 0 Å². The highest BCUT2D eigenvalue weighted by atomic mass is 35.5. The van der Waals surface area contributed by atoms with Crippen LogP contribution in [0.25, 0.3) is 0 Å². The van der Waals surface area contributed by atoms with Crippen LogP contribution in [0.3, 0.4) is 0 Å². The van der Waals surface area contributed by atoms with Gasteiger partial charge in [0, 0.05) is 0 Å². The van der Waals surface area contributed by atoms with E-state index in [0.29, 0.717) is 0 Å². The molecule has 54 valence electrons. The average molecular weight is 171 g/mol. The standard InChI is InChI=1S/C3H2Cl2O2.C2H6/c4-2(1-6)3(5)7;1-2/h1-2H;1-2H3. The van der Waals surface area contributed by atoms with Crippen LogP contribution in [0.1, 0.15) is 13.8 Å². The number of aldehydes is 1. The zero-order chi connectivity index (χ0) is 7.86. The van der Waals surface area contributed by atoms with Crippen molar-refractivity contribution in [2.45, 2.75) is 19.2 Å². The van der Waals surface area contributed by atoms with E-state index in [1.165, 1.54) is 0 Å². The van der Waals surface area contributed by atoms with Gasteiger partial charge in [0.05, 0.1) is 0 Å². The van der Waals surface area contributed by atoms with Crippen molar-refractivity contribution in [3.05, 3.63) is 0 Å². The molecule has 0 aliphatic heterocycles. The van der Waals surface area contributed by atoms with Crippen LogP contribution in [0.4, 0.5) is 0 Å². The predicted molar refractivity (Wildman–Crippen MR) is 37.9 cm³/mol. The summed E-state index contributed by atoms with van der Waals surface area (Å²) in [6.45, 7) is 4.00. The molecule has 0 aromatic rings. The van der Waals surface area contributed by atoms with E-state index in [1.807, 2.05) is 13.8 Å². The van der Waals surface area contributed by atoms with Crippen LogP contribution >= 0.6 is 23.2 Å². The second-order valence-corrected chi connectivity index (χ2v) is 1.68. The molecule has 0 rings (SSSR count). The molecule has 0 fully saturated rings. The lowest BCUT2D eigenvalue weighted by Crippen LogP contribution is -2.07. The highest BCUT2D eigenvalue weighted by Gasteiger charge is 2.08. The fraction of sp³-hybridized carbons (Fsp3) is 0.600. The first-order chi connectivity index (χ1) is 4.18. The molecule has 9 heavy (non-hydrogen) atoms. The Morgan fingerprint density at radius 1 is 1.56 bits per heavy atom. The summed E-state index contributed by atoms with van der Waals surface area (Å²) in [4.78, 5) is 19.3. The number of rotatable bonds is 2. The van der Waals surface area contributed by atoms with Crippen molar-refractivity contribution in [2.24, 2.45) is 0 Å². The molecule has 0 aromatic carbocycles. The molecule has 0 radical (unpaired) electrons. The van der Waals surface area contributed by atoms with Gasteiger partial charge in [0.25, 0.3) is 0 Å². The summed E-state index contributed by atoms with van der Waals surface area (Å²) in [7, 11) is 0. The van der Waals surface area contributed by atoms with Crippen LogP contribution in [0.15, 0.2) is 0 Å². The zero-order valence-electron chi connectivity index (χ0n) is 5.23. The molecule has 1 atom stereocenters. The fourth-order valence-electron chi connectivity index (χ4n) is 0.0535. The van der Waals surface area contributed by atoms with Gasteiger partial charge in [-0.1, -0.05) is 13.8 Å². The molecule has 1 unspecified atom stereocenters. The first-order valence-corrected chi connectivity index (χ1v) is 3.28. The second-order valence-electron chi connectivity index (χ2n) is 0.842. The molecule has 0 saturated carbocycles. The van der Waals surface area contributed by atoms with Gasteiger partial charge in [-0.05, 0) is 11.6 Å². The molecule has 2 nitrogen and oxygen atoms in total. The van der Waals surface area contributed by atoms with Gasteiger partial charge in [0.1, 0.15) is 6.29 Å². The van der Waals surface area contributed by atoms with E-state index < -0.39 is 10.6 Å². The van der Waals surface area contributed by atoms with Crippen LogP contribution in [-0.4, -0.2) is 16.9 Å². The summed E-state index contributed by atoms with van der Waals surface area (Å²) in [6, 6.07) is 0. The Balaban J connectivity index is 0. The molecular weight excluding hydrogens is 163 g/mol. The molecule has 0 aliphatic carbocycles. The lowest BCUT2D eigenvalue weighted by Gasteiger charge is -1.84. The van der Waals surface area contributed by atoms with Crippen molar-refractivity contribution in [1.29, 1.82) is 0 Å². The van der Waals surface area contributed by atoms with Gasteiger partial charge in [-0.3, -0.25) is 4.79 Å². The Morgan fingerprint density at radius 2 is 1.89 bits per heavy atom. The number of hydrogen-bond donors (Lipinski definition) is 0. The Kier molecular flexibility index (Phi) is 10.3. The molecular formula is C5H8Cl2O2. The summed E-state index contributed by atoms with van der Waals surface area (Å²) < 4.78 is 0. The van der Waals surface area contributed by atoms with E-state index in [9.17, 15) is 9.59 Å². The largest absolute Gasteiger partial charge is 0.301 e. The van der Waals surface area contributed by atoms with Gasteiger partial charge in [-0.25, -0.2) is 0 Å². The first kappa shape index (κ1) is 11.7. The van der Waals surface area contributed by atoms with E-state index in [0.717, 1.165) is 0 Å². The van der Waals surface area contributed by atoms with Gasteiger partial charge in [-0.15, -0.1) is 11.6 Å². The molecule has 0 aliphatic rings. The monoisotopic (exact) mass is 170 g/mol. The van der Waals surface area contributed by atoms with Gasteiger partial charge in [0.2, 0.25) is 5.24 Å². The molecule has 0 N–H and O–H groups in total. The van der Waals surface area contributed by atoms with E-state index >= 15 is 0 Å². The minimum absolute atomic E-state index is 0.275. The highest BCUT2D eigenvalue weighted by Crippen LogP contribution is 1.95. The van der Waals surface area contributed by atoms with Crippen molar-refractivity contribution < 1.29 is 9.59 Å². The van der Waals surface area contributed by atoms with E-state index in [2.05, 4.69) is 0 Å². The third kappa shape index (κ3) is 7.92. The quantitative estimate of drug-likeness (QED) is 0.273. The molecule has 0 aromatic heterocycles. The van der Waals surface area contributed by atoms with E-state index in [4.69, 9.17) is 23.2 Å². The van der Waals surface area contributed by atoms with Crippen LogP contribution in [0, 0.1) is 0 Å². The third-order valence-electron chi connectivity index (χ3n) is 0.336. The second kappa shape index (κ2) is 7.92. The number of alkyl halides is 1. The fourth-order valence-corrected chi connectivity index (χ4v) is 0.105. The molecule has 0 spiro atoms. The minimum Gasteiger partial charge on any atom is -0.301 e. The van der Waals surface area contributed by atoms with Crippen molar-refractivity contribution in [3.8, 4) is 0 Å². The Hall–Kier alpha value is -0.0800. The third-order valence-corrected chi connectivity index (χ3v) is 0.984. The van der Waals surface area contributed by atoms with Crippen LogP contribution in [0.5, 0.6) is 0 Å². The number of carbonyl (C=O) groups excluding carboxylic acids is 2. The lowest BCUT2D eigenvalue weighted by atomic mass is 10.5. The number of halogens is 2. The zero-order valence-corrected chi connectivity index (χ0v) is 6.74. The SMILES string of the molecule is CC.O=CC(Cl)C(=O)Cl. The van der Waals surface area contributed by atoms with Gasteiger partial charge in [0.15, 0.2) is 5.38 Å². The summed E-state index contributed by atoms with van der Waals surface area (Å²) in [5.41, 5.74) is 0. The molecule has 4 heteroatoms.